The summed E-state index contributed by atoms with van der Waals surface area (Å²) in [5.74, 6) is -0.784. The number of hydrogen-bond acceptors (Lipinski definition) is 4. The number of imide groups is 1. The normalized spacial score (nSPS) is 20.2. The van der Waals surface area contributed by atoms with E-state index in [4.69, 9.17) is 22.7 Å². The largest absolute Gasteiger partial charge is 0.392 e. The van der Waals surface area contributed by atoms with Crippen molar-refractivity contribution in [1.82, 2.24) is 4.90 Å². The number of nitrogens with two attached hydrogens (primary N) is 1. The highest BCUT2D eigenvalue weighted by Gasteiger charge is 2.31. The zero-order valence-corrected chi connectivity index (χ0v) is 7.97. The molecule has 2 amide bonds. The van der Waals surface area contributed by atoms with E-state index in [9.17, 15) is 9.59 Å². The molecule has 1 atom stereocenters. The molecular formula is C7H10N2O3S. The first-order valence-electron chi connectivity index (χ1n) is 3.76. The van der Waals surface area contributed by atoms with Gasteiger partial charge in [-0.1, -0.05) is 12.2 Å². The van der Waals surface area contributed by atoms with Crippen molar-refractivity contribution in [1.29, 1.82) is 0 Å². The Morgan fingerprint density at radius 1 is 1.54 bits per heavy atom. The lowest BCUT2D eigenvalue weighted by Gasteiger charge is -2.29. The molecule has 0 saturated carbocycles. The van der Waals surface area contributed by atoms with Crippen LogP contribution in [-0.4, -0.2) is 41.0 Å². The first kappa shape index (κ1) is 10.1. The quantitative estimate of drug-likeness (QED) is 0.461. The van der Waals surface area contributed by atoms with Crippen LogP contribution in [-0.2, 0) is 14.3 Å². The summed E-state index contributed by atoms with van der Waals surface area (Å²) < 4.78 is 4.73. The molecule has 72 valence electrons. The van der Waals surface area contributed by atoms with Crippen LogP contribution < -0.4 is 5.73 Å². The molecule has 0 aliphatic carbocycles. The van der Waals surface area contributed by atoms with E-state index in [0.717, 1.165) is 4.90 Å². The summed E-state index contributed by atoms with van der Waals surface area (Å²) >= 11 is 4.70. The lowest BCUT2D eigenvalue weighted by atomic mass is 10.2. The van der Waals surface area contributed by atoms with Gasteiger partial charge >= 0.3 is 0 Å². The van der Waals surface area contributed by atoms with Gasteiger partial charge in [-0.15, -0.1) is 0 Å². The molecule has 1 fully saturated rings. The van der Waals surface area contributed by atoms with Crippen LogP contribution in [0.1, 0.15) is 6.92 Å². The molecule has 1 heterocycles. The van der Waals surface area contributed by atoms with E-state index in [-0.39, 0.29) is 18.2 Å². The highest BCUT2D eigenvalue weighted by atomic mass is 32.1. The lowest BCUT2D eigenvalue weighted by Crippen LogP contribution is -2.54. The number of ether oxygens (including phenoxy) is 1. The molecule has 6 heteroatoms. The number of thiocarbonyl (C=S) groups is 1. The van der Waals surface area contributed by atoms with Crippen LogP contribution in [0.2, 0.25) is 0 Å². The monoisotopic (exact) mass is 202 g/mol. The van der Waals surface area contributed by atoms with E-state index in [2.05, 4.69) is 0 Å². The average molecular weight is 202 g/mol. The van der Waals surface area contributed by atoms with Crippen LogP contribution in [0.25, 0.3) is 0 Å². The van der Waals surface area contributed by atoms with Crippen LogP contribution in [0.15, 0.2) is 0 Å². The Bertz CT molecular complexity index is 250. The van der Waals surface area contributed by atoms with E-state index in [1.165, 1.54) is 0 Å². The molecule has 1 aliphatic rings. The second-order valence-electron chi connectivity index (χ2n) is 2.73. The number of amides is 2. The van der Waals surface area contributed by atoms with Gasteiger partial charge < -0.3 is 10.5 Å². The van der Waals surface area contributed by atoms with E-state index in [0.29, 0.717) is 0 Å². The Kier molecular flexibility index (Phi) is 2.94. The van der Waals surface area contributed by atoms with Crippen molar-refractivity contribution in [2.24, 2.45) is 5.73 Å². The Morgan fingerprint density at radius 3 is 2.38 bits per heavy atom. The Balaban J connectivity index is 2.80. The van der Waals surface area contributed by atoms with E-state index in [1.807, 2.05) is 0 Å². The van der Waals surface area contributed by atoms with Gasteiger partial charge in [0.15, 0.2) is 0 Å². The van der Waals surface area contributed by atoms with Crippen LogP contribution in [0, 0.1) is 0 Å². The van der Waals surface area contributed by atoms with Gasteiger partial charge in [-0.25, -0.2) is 0 Å². The molecule has 2 N–H and O–H groups in total. The van der Waals surface area contributed by atoms with Gasteiger partial charge in [-0.2, -0.15) is 0 Å². The number of nitrogens with zero attached hydrogens (tertiary/aromatic N) is 1. The zero-order chi connectivity index (χ0) is 10.0. The number of morpholine rings is 1. The predicted molar refractivity (Wildman–Crippen MR) is 48.9 cm³/mol. The minimum absolute atomic E-state index is 0.0846. The highest BCUT2D eigenvalue weighted by Crippen LogP contribution is 2.06. The minimum Gasteiger partial charge on any atom is -0.392 e. The summed E-state index contributed by atoms with van der Waals surface area (Å²) in [5, 5.41) is 0. The number of hydrogen-bond donors (Lipinski definition) is 1. The van der Waals surface area contributed by atoms with Crippen molar-refractivity contribution >= 4 is 29.0 Å². The molecule has 0 spiro atoms. The summed E-state index contributed by atoms with van der Waals surface area (Å²) in [6.07, 6.45) is 0. The summed E-state index contributed by atoms with van der Waals surface area (Å²) in [4.78, 5) is 23.6. The third-order valence-corrected chi connectivity index (χ3v) is 2.13. The van der Waals surface area contributed by atoms with E-state index >= 15 is 0 Å². The van der Waals surface area contributed by atoms with Gasteiger partial charge in [0, 0.05) is 0 Å². The zero-order valence-electron chi connectivity index (χ0n) is 7.15. The molecular weight excluding hydrogens is 192 g/mol. The number of rotatable bonds is 2. The standard InChI is InChI=1S/C7H10N2O3S/c1-4(7(8)13)9-5(10)2-12-3-6(9)11/h4H,2-3H2,1H3,(H2,8,13). The van der Waals surface area contributed by atoms with Gasteiger partial charge in [0.2, 0.25) is 0 Å². The molecule has 0 aromatic heterocycles. The first-order chi connectivity index (χ1) is 6.04. The van der Waals surface area contributed by atoms with Crippen molar-refractivity contribution in [3.8, 4) is 0 Å². The summed E-state index contributed by atoms with van der Waals surface area (Å²) in [6.45, 7) is 1.45. The summed E-state index contributed by atoms with van der Waals surface area (Å²) in [5.41, 5.74) is 5.34. The molecule has 1 aliphatic heterocycles. The molecule has 5 nitrogen and oxygen atoms in total. The second kappa shape index (κ2) is 3.80. The Morgan fingerprint density at radius 2 is 2.00 bits per heavy atom. The fraction of sp³-hybridized carbons (Fsp3) is 0.571. The molecule has 13 heavy (non-hydrogen) atoms. The van der Waals surface area contributed by atoms with Crippen LogP contribution in [0.3, 0.4) is 0 Å². The first-order valence-corrected chi connectivity index (χ1v) is 4.17. The van der Waals surface area contributed by atoms with E-state index < -0.39 is 17.9 Å². The maximum Gasteiger partial charge on any atom is 0.255 e. The molecule has 1 saturated heterocycles. The third-order valence-electron chi connectivity index (χ3n) is 1.79. The molecule has 0 aromatic rings. The van der Waals surface area contributed by atoms with Crippen LogP contribution >= 0.6 is 12.2 Å². The summed E-state index contributed by atoms with van der Waals surface area (Å²) in [7, 11) is 0. The Labute approximate surface area is 80.8 Å². The topological polar surface area (TPSA) is 72.6 Å². The van der Waals surface area contributed by atoms with Gasteiger partial charge in [-0.05, 0) is 6.92 Å². The second-order valence-corrected chi connectivity index (χ2v) is 3.20. The average Bonchev–Trinajstić information content (AvgIpc) is 2.03. The Hall–Kier alpha value is -1.01. The van der Waals surface area contributed by atoms with E-state index in [1.54, 1.807) is 6.92 Å². The summed E-state index contributed by atoms with van der Waals surface area (Å²) in [6, 6.07) is -0.529. The highest BCUT2D eigenvalue weighted by molar-refractivity contribution is 7.80. The van der Waals surface area contributed by atoms with Gasteiger partial charge in [0.25, 0.3) is 11.8 Å². The van der Waals surface area contributed by atoms with Crippen molar-refractivity contribution in [3.05, 3.63) is 0 Å². The minimum atomic E-state index is -0.529. The fourth-order valence-electron chi connectivity index (χ4n) is 1.06. The molecule has 1 rings (SSSR count). The van der Waals surface area contributed by atoms with Crippen molar-refractivity contribution in [2.75, 3.05) is 13.2 Å². The molecule has 0 aromatic carbocycles. The fourth-order valence-corrected chi connectivity index (χ4v) is 1.17. The number of carbonyl (C=O) groups is 2. The van der Waals surface area contributed by atoms with Gasteiger partial charge in [0.05, 0.1) is 11.0 Å². The van der Waals surface area contributed by atoms with Crippen LogP contribution in [0.4, 0.5) is 0 Å². The van der Waals surface area contributed by atoms with Crippen molar-refractivity contribution < 1.29 is 14.3 Å². The maximum absolute atomic E-state index is 11.2. The third kappa shape index (κ3) is 2.02. The lowest BCUT2D eigenvalue weighted by molar-refractivity contribution is -0.159. The molecule has 1 unspecified atom stereocenters. The smallest absolute Gasteiger partial charge is 0.255 e. The van der Waals surface area contributed by atoms with Crippen molar-refractivity contribution in [3.63, 3.8) is 0 Å². The predicted octanol–water partition coefficient (Wildman–Crippen LogP) is -0.954. The van der Waals surface area contributed by atoms with Crippen LogP contribution in [0.5, 0.6) is 0 Å². The van der Waals surface area contributed by atoms with Gasteiger partial charge in [-0.3, -0.25) is 14.5 Å². The maximum atomic E-state index is 11.2. The SMILES string of the molecule is CC(C(N)=S)N1C(=O)COCC1=O. The molecule has 0 bridgehead atoms. The van der Waals surface area contributed by atoms with Gasteiger partial charge in [0.1, 0.15) is 13.2 Å². The number of carbonyl (C=O) groups excluding carboxylic acids is 2. The molecule has 0 radical (unpaired) electrons. The van der Waals surface area contributed by atoms with Crippen molar-refractivity contribution in [2.45, 2.75) is 13.0 Å².